The molecule has 4 rings (SSSR count). The molecular formula is C19H18N4O2. The number of aromatic amines is 1. The summed E-state index contributed by atoms with van der Waals surface area (Å²) in [6.07, 6.45) is 0. The monoisotopic (exact) mass is 334 g/mol. The van der Waals surface area contributed by atoms with Crippen LogP contribution in [0.15, 0.2) is 47.0 Å². The van der Waals surface area contributed by atoms with Crippen LogP contribution >= 0.6 is 0 Å². The molecule has 126 valence electrons. The smallest absolute Gasteiger partial charge is 0.205 e. The first-order valence-electron chi connectivity index (χ1n) is 7.98. The van der Waals surface area contributed by atoms with Crippen LogP contribution in [0.4, 0.5) is 11.6 Å². The Hall–Kier alpha value is -3.28. The summed E-state index contributed by atoms with van der Waals surface area (Å²) in [7, 11) is 1.65. The van der Waals surface area contributed by atoms with Gasteiger partial charge in [0.2, 0.25) is 5.95 Å². The summed E-state index contributed by atoms with van der Waals surface area (Å²) in [6.45, 7) is 3.86. The number of anilines is 2. The average Bonchev–Trinajstić information content (AvgIpc) is 3.16. The minimum Gasteiger partial charge on any atom is -0.497 e. The molecule has 0 aliphatic rings. The fourth-order valence-corrected chi connectivity index (χ4v) is 2.96. The molecule has 0 unspecified atom stereocenters. The van der Waals surface area contributed by atoms with Crippen molar-refractivity contribution in [2.24, 2.45) is 0 Å². The van der Waals surface area contributed by atoms with Crippen LogP contribution in [0.2, 0.25) is 0 Å². The summed E-state index contributed by atoms with van der Waals surface area (Å²) >= 11 is 0. The fourth-order valence-electron chi connectivity index (χ4n) is 2.96. The molecule has 0 atom stereocenters. The topological polar surface area (TPSA) is 76.0 Å². The molecule has 2 heterocycles. The van der Waals surface area contributed by atoms with Gasteiger partial charge in [0.25, 0.3) is 0 Å². The molecule has 0 radical (unpaired) electrons. The lowest BCUT2D eigenvalue weighted by Crippen LogP contribution is -1.92. The molecule has 25 heavy (non-hydrogen) atoms. The lowest BCUT2D eigenvalue weighted by Gasteiger charge is -2.04. The maximum atomic E-state index is 5.27. The molecule has 0 saturated carbocycles. The van der Waals surface area contributed by atoms with E-state index >= 15 is 0 Å². The van der Waals surface area contributed by atoms with E-state index in [0.717, 1.165) is 45.1 Å². The maximum Gasteiger partial charge on any atom is 0.205 e. The molecule has 0 saturated heterocycles. The third-order valence-electron chi connectivity index (χ3n) is 4.14. The van der Waals surface area contributed by atoms with Gasteiger partial charge in [-0.2, -0.15) is 0 Å². The minimum absolute atomic E-state index is 0.680. The molecule has 0 aliphatic carbocycles. The molecule has 0 fully saturated rings. The fraction of sp³-hybridized carbons (Fsp3) is 0.158. The minimum atomic E-state index is 0.680. The largest absolute Gasteiger partial charge is 0.497 e. The van der Waals surface area contributed by atoms with Crippen molar-refractivity contribution in [1.82, 2.24) is 15.1 Å². The van der Waals surface area contributed by atoms with E-state index in [1.807, 2.05) is 50.2 Å². The zero-order valence-corrected chi connectivity index (χ0v) is 14.3. The van der Waals surface area contributed by atoms with Gasteiger partial charge >= 0.3 is 0 Å². The lowest BCUT2D eigenvalue weighted by molar-refractivity contribution is 0.393. The summed E-state index contributed by atoms with van der Waals surface area (Å²) in [5.74, 6) is 2.28. The average molecular weight is 334 g/mol. The van der Waals surface area contributed by atoms with E-state index in [1.165, 1.54) is 0 Å². The molecule has 0 spiro atoms. The number of nitrogens with one attached hydrogen (secondary N) is 2. The number of aryl methyl sites for hydroxylation is 2. The molecule has 0 aliphatic heterocycles. The molecule has 2 aromatic carbocycles. The number of H-pyrrole nitrogens is 1. The molecular weight excluding hydrogens is 316 g/mol. The number of nitrogens with zero attached hydrogens (tertiary/aromatic N) is 2. The lowest BCUT2D eigenvalue weighted by atomic mass is 10.0. The molecule has 4 aromatic rings. The number of ether oxygens (including phenoxy) is 1. The standard InChI is InChI=1S/C19H18N4O2/c1-11-18(12(2)25-23-11)13-7-8-16-17(9-13)22-19(21-16)20-14-5-4-6-15(10-14)24-3/h4-10H,1-3H3,(H2,20,21,22). The van der Waals surface area contributed by atoms with Crippen molar-refractivity contribution >= 4 is 22.7 Å². The second-order valence-electron chi connectivity index (χ2n) is 5.87. The number of fused-ring (bicyclic) bond motifs is 1. The first-order valence-corrected chi connectivity index (χ1v) is 7.98. The van der Waals surface area contributed by atoms with Gasteiger partial charge in [0.15, 0.2) is 0 Å². The summed E-state index contributed by atoms with van der Waals surface area (Å²) in [5, 5.41) is 7.29. The van der Waals surface area contributed by atoms with Crippen LogP contribution < -0.4 is 10.1 Å². The predicted octanol–water partition coefficient (Wildman–Crippen LogP) is 4.59. The van der Waals surface area contributed by atoms with Gasteiger partial charge in [-0.1, -0.05) is 17.3 Å². The second-order valence-corrected chi connectivity index (χ2v) is 5.87. The van der Waals surface area contributed by atoms with E-state index in [0.29, 0.717) is 5.95 Å². The molecule has 6 heteroatoms. The summed E-state index contributed by atoms with van der Waals surface area (Å²) in [6, 6.07) is 13.8. The molecule has 0 amide bonds. The Kier molecular flexibility index (Phi) is 3.65. The van der Waals surface area contributed by atoms with Gasteiger partial charge in [-0.05, 0) is 43.7 Å². The number of hydrogen-bond acceptors (Lipinski definition) is 5. The first-order chi connectivity index (χ1) is 12.1. The van der Waals surface area contributed by atoms with Gasteiger partial charge in [0, 0.05) is 17.3 Å². The van der Waals surface area contributed by atoms with Crippen molar-refractivity contribution in [3.05, 3.63) is 53.9 Å². The number of imidazole rings is 1. The van der Waals surface area contributed by atoms with Crippen molar-refractivity contribution in [1.29, 1.82) is 0 Å². The van der Waals surface area contributed by atoms with Crippen LogP contribution in [0.1, 0.15) is 11.5 Å². The Morgan fingerprint density at radius 1 is 1.12 bits per heavy atom. The van der Waals surface area contributed by atoms with Crippen molar-refractivity contribution in [3.8, 4) is 16.9 Å². The van der Waals surface area contributed by atoms with E-state index in [4.69, 9.17) is 9.26 Å². The normalized spacial score (nSPS) is 11.0. The van der Waals surface area contributed by atoms with Crippen LogP contribution in [0.3, 0.4) is 0 Å². The number of hydrogen-bond donors (Lipinski definition) is 2. The first kappa shape index (κ1) is 15.3. The third-order valence-corrected chi connectivity index (χ3v) is 4.14. The SMILES string of the molecule is COc1cccc(Nc2nc3ccc(-c4c(C)noc4C)cc3[nH]2)c1. The highest BCUT2D eigenvalue weighted by molar-refractivity contribution is 5.84. The summed E-state index contributed by atoms with van der Waals surface area (Å²) < 4.78 is 10.5. The van der Waals surface area contributed by atoms with E-state index in [1.54, 1.807) is 7.11 Å². The zero-order valence-electron chi connectivity index (χ0n) is 14.3. The van der Waals surface area contributed by atoms with E-state index < -0.39 is 0 Å². The number of methoxy groups -OCH3 is 1. The molecule has 2 N–H and O–H groups in total. The molecule has 0 bridgehead atoms. The van der Waals surface area contributed by atoms with Crippen molar-refractivity contribution in [2.75, 3.05) is 12.4 Å². The quantitative estimate of drug-likeness (QED) is 0.571. The van der Waals surface area contributed by atoms with Crippen LogP contribution in [0.25, 0.3) is 22.2 Å². The Morgan fingerprint density at radius 2 is 2.00 bits per heavy atom. The summed E-state index contributed by atoms with van der Waals surface area (Å²) in [5.41, 5.74) is 5.71. The van der Waals surface area contributed by atoms with E-state index in [-0.39, 0.29) is 0 Å². The van der Waals surface area contributed by atoms with Crippen molar-refractivity contribution < 1.29 is 9.26 Å². The van der Waals surface area contributed by atoms with Crippen molar-refractivity contribution in [2.45, 2.75) is 13.8 Å². The van der Waals surface area contributed by atoms with Crippen LogP contribution in [-0.2, 0) is 0 Å². The van der Waals surface area contributed by atoms with Crippen LogP contribution in [0.5, 0.6) is 5.75 Å². The van der Waals surface area contributed by atoms with E-state index in [2.05, 4.69) is 26.5 Å². The number of aromatic nitrogens is 3. The highest BCUT2D eigenvalue weighted by atomic mass is 16.5. The predicted molar refractivity (Wildman–Crippen MR) is 97.3 cm³/mol. The Bertz CT molecular complexity index is 1030. The Morgan fingerprint density at radius 3 is 2.76 bits per heavy atom. The number of benzene rings is 2. The van der Waals surface area contributed by atoms with Crippen LogP contribution in [-0.4, -0.2) is 22.2 Å². The van der Waals surface area contributed by atoms with Gasteiger partial charge in [-0.3, -0.25) is 0 Å². The van der Waals surface area contributed by atoms with Crippen molar-refractivity contribution in [3.63, 3.8) is 0 Å². The van der Waals surface area contributed by atoms with Crippen LogP contribution in [0, 0.1) is 13.8 Å². The highest BCUT2D eigenvalue weighted by Gasteiger charge is 2.13. The molecule has 2 aromatic heterocycles. The highest BCUT2D eigenvalue weighted by Crippen LogP contribution is 2.30. The van der Waals surface area contributed by atoms with Gasteiger partial charge in [0.1, 0.15) is 11.5 Å². The Labute approximate surface area is 144 Å². The molecule has 6 nitrogen and oxygen atoms in total. The van der Waals surface area contributed by atoms with Gasteiger partial charge < -0.3 is 19.6 Å². The van der Waals surface area contributed by atoms with Gasteiger partial charge in [-0.25, -0.2) is 4.98 Å². The summed E-state index contributed by atoms with van der Waals surface area (Å²) in [4.78, 5) is 7.89. The third kappa shape index (κ3) is 2.82. The second kappa shape index (κ2) is 5.98. The maximum absolute atomic E-state index is 5.27. The Balaban J connectivity index is 1.68. The number of rotatable bonds is 4. The zero-order chi connectivity index (χ0) is 17.4. The van der Waals surface area contributed by atoms with Gasteiger partial charge in [-0.15, -0.1) is 0 Å². The van der Waals surface area contributed by atoms with Gasteiger partial charge in [0.05, 0.1) is 23.8 Å². The van der Waals surface area contributed by atoms with E-state index in [9.17, 15) is 0 Å².